The first-order valence-corrected chi connectivity index (χ1v) is 10.4. The van der Waals surface area contributed by atoms with Crippen molar-refractivity contribution in [2.75, 3.05) is 24.5 Å². The second-order valence-electron chi connectivity index (χ2n) is 7.52. The lowest BCUT2D eigenvalue weighted by Crippen LogP contribution is -2.35. The number of unbranched alkanes of at least 4 members (excludes halogenated alkanes) is 1. The zero-order chi connectivity index (χ0) is 20.1. The van der Waals surface area contributed by atoms with Crippen LogP contribution in [0.1, 0.15) is 38.2 Å². The number of benzene rings is 1. The molecule has 0 unspecified atom stereocenters. The van der Waals surface area contributed by atoms with Gasteiger partial charge in [-0.3, -0.25) is 9.78 Å². The van der Waals surface area contributed by atoms with E-state index in [0.29, 0.717) is 19.0 Å². The van der Waals surface area contributed by atoms with Crippen LogP contribution in [0, 0.1) is 0 Å². The van der Waals surface area contributed by atoms with E-state index in [0.717, 1.165) is 55.2 Å². The Hall–Kier alpha value is -3.03. The smallest absolute Gasteiger partial charge is 0.266 e. The molecule has 3 aromatic rings. The summed E-state index contributed by atoms with van der Waals surface area (Å²) < 4.78 is 0. The van der Waals surface area contributed by atoms with Crippen LogP contribution in [0.15, 0.2) is 36.5 Å². The Morgan fingerprint density at radius 3 is 2.86 bits per heavy atom. The number of hydrogen-bond acceptors (Lipinski definition) is 6. The van der Waals surface area contributed by atoms with E-state index >= 15 is 0 Å². The third-order valence-corrected chi connectivity index (χ3v) is 5.26. The van der Waals surface area contributed by atoms with Gasteiger partial charge in [0.2, 0.25) is 5.91 Å². The van der Waals surface area contributed by atoms with E-state index in [9.17, 15) is 4.79 Å². The largest absolute Gasteiger partial charge is 0.338 e. The molecule has 1 amide bonds. The van der Waals surface area contributed by atoms with Crippen molar-refractivity contribution in [1.29, 1.82) is 0 Å². The summed E-state index contributed by atoms with van der Waals surface area (Å²) in [6.45, 7) is 5.38. The number of tetrazole rings is 1. The molecule has 0 aliphatic carbocycles. The summed E-state index contributed by atoms with van der Waals surface area (Å²) in [5.74, 6) is 0.617. The summed E-state index contributed by atoms with van der Waals surface area (Å²) in [5, 5.41) is 13.7. The minimum absolute atomic E-state index is 0.00280. The first-order chi connectivity index (χ1) is 14.2. The number of rotatable bonds is 8. The Balaban J connectivity index is 1.45. The molecular weight excluding hydrogens is 366 g/mol. The molecule has 1 aromatic carbocycles. The summed E-state index contributed by atoms with van der Waals surface area (Å²) in [6.07, 6.45) is 6.14. The third kappa shape index (κ3) is 4.70. The number of anilines is 1. The average Bonchev–Trinajstić information content (AvgIpc) is 3.43. The van der Waals surface area contributed by atoms with E-state index in [4.69, 9.17) is 0 Å². The Morgan fingerprint density at radius 2 is 2.03 bits per heavy atom. The summed E-state index contributed by atoms with van der Waals surface area (Å²) >= 11 is 0. The van der Waals surface area contributed by atoms with Crippen LogP contribution >= 0.6 is 0 Å². The maximum Gasteiger partial charge on any atom is 0.266 e. The van der Waals surface area contributed by atoms with Crippen molar-refractivity contribution in [3.05, 3.63) is 42.1 Å². The van der Waals surface area contributed by atoms with Crippen LogP contribution in [0.3, 0.4) is 0 Å². The summed E-state index contributed by atoms with van der Waals surface area (Å²) in [4.78, 5) is 22.9. The van der Waals surface area contributed by atoms with E-state index in [-0.39, 0.29) is 12.5 Å². The number of nitrogens with zero attached hydrogens (tertiary/aromatic N) is 7. The van der Waals surface area contributed by atoms with Gasteiger partial charge in [-0.15, -0.1) is 5.10 Å². The van der Waals surface area contributed by atoms with Gasteiger partial charge < -0.3 is 9.80 Å². The van der Waals surface area contributed by atoms with Gasteiger partial charge in [-0.2, -0.15) is 4.80 Å². The Bertz CT molecular complexity index is 964. The van der Waals surface area contributed by atoms with Crippen LogP contribution in [0.4, 0.5) is 5.95 Å². The second kappa shape index (κ2) is 8.98. The van der Waals surface area contributed by atoms with E-state index in [1.165, 1.54) is 4.80 Å². The van der Waals surface area contributed by atoms with Gasteiger partial charge in [-0.05, 0) is 42.2 Å². The highest BCUT2D eigenvalue weighted by atomic mass is 16.2. The number of fused-ring (bicyclic) bond motifs is 1. The van der Waals surface area contributed by atoms with E-state index in [2.05, 4.69) is 38.3 Å². The number of pyridine rings is 1. The van der Waals surface area contributed by atoms with E-state index < -0.39 is 0 Å². The Morgan fingerprint density at radius 1 is 1.21 bits per heavy atom. The quantitative estimate of drug-likeness (QED) is 0.585. The SMILES string of the molecule is CCCCN(Cc1cnc2ccccc2c1)C(=O)Cn1nnc(N2CCCC2)n1. The molecule has 0 atom stereocenters. The molecule has 1 aliphatic rings. The summed E-state index contributed by atoms with van der Waals surface area (Å²) in [5.41, 5.74) is 1.99. The Labute approximate surface area is 170 Å². The molecule has 2 aromatic heterocycles. The molecular formula is C21H27N7O. The molecule has 0 saturated carbocycles. The number of carbonyl (C=O) groups excluding carboxylic acids is 1. The van der Waals surface area contributed by atoms with Crippen LogP contribution in [0.2, 0.25) is 0 Å². The monoisotopic (exact) mass is 393 g/mol. The topological polar surface area (TPSA) is 80.0 Å². The number of carbonyl (C=O) groups is 1. The first-order valence-electron chi connectivity index (χ1n) is 10.4. The van der Waals surface area contributed by atoms with E-state index in [1.54, 1.807) is 0 Å². The van der Waals surface area contributed by atoms with Gasteiger partial charge >= 0.3 is 0 Å². The summed E-state index contributed by atoms with van der Waals surface area (Å²) in [6, 6.07) is 10.1. The highest BCUT2D eigenvalue weighted by molar-refractivity contribution is 5.79. The first kappa shape index (κ1) is 19.3. The van der Waals surface area contributed by atoms with Gasteiger partial charge in [0.15, 0.2) is 0 Å². The predicted molar refractivity (Wildman–Crippen MR) is 111 cm³/mol. The van der Waals surface area contributed by atoms with Crippen LogP contribution in [0.25, 0.3) is 10.9 Å². The molecule has 1 saturated heterocycles. The van der Waals surface area contributed by atoms with Crippen molar-refractivity contribution < 1.29 is 4.79 Å². The molecule has 1 fully saturated rings. The van der Waals surface area contributed by atoms with Gasteiger partial charge in [-0.25, -0.2) is 0 Å². The molecule has 29 heavy (non-hydrogen) atoms. The van der Waals surface area contributed by atoms with Gasteiger partial charge in [0.1, 0.15) is 6.54 Å². The van der Waals surface area contributed by atoms with Crippen LogP contribution in [-0.2, 0) is 17.9 Å². The molecule has 0 spiro atoms. The average molecular weight is 393 g/mol. The molecule has 4 rings (SSSR count). The fraction of sp³-hybridized carbons (Fsp3) is 0.476. The lowest BCUT2D eigenvalue weighted by atomic mass is 10.1. The van der Waals surface area contributed by atoms with Crippen molar-refractivity contribution in [1.82, 2.24) is 30.1 Å². The maximum absolute atomic E-state index is 13.0. The fourth-order valence-electron chi connectivity index (χ4n) is 3.63. The molecule has 8 nitrogen and oxygen atoms in total. The minimum Gasteiger partial charge on any atom is -0.338 e. The van der Waals surface area contributed by atoms with Crippen molar-refractivity contribution >= 4 is 22.8 Å². The zero-order valence-electron chi connectivity index (χ0n) is 16.9. The van der Waals surface area contributed by atoms with Gasteiger partial charge in [0.25, 0.3) is 5.95 Å². The lowest BCUT2D eigenvalue weighted by Gasteiger charge is -2.22. The summed E-state index contributed by atoms with van der Waals surface area (Å²) in [7, 11) is 0. The molecule has 1 aliphatic heterocycles. The van der Waals surface area contributed by atoms with Crippen molar-refractivity contribution in [3.63, 3.8) is 0 Å². The minimum atomic E-state index is -0.00280. The fourth-order valence-corrected chi connectivity index (χ4v) is 3.63. The van der Waals surface area contributed by atoms with E-state index in [1.807, 2.05) is 35.4 Å². The van der Waals surface area contributed by atoms with Crippen molar-refractivity contribution in [3.8, 4) is 0 Å². The number of hydrogen-bond donors (Lipinski definition) is 0. The molecule has 0 bridgehead atoms. The number of para-hydroxylation sites is 1. The predicted octanol–water partition coefficient (Wildman–Crippen LogP) is 2.65. The Kier molecular flexibility index (Phi) is 5.97. The zero-order valence-corrected chi connectivity index (χ0v) is 16.9. The normalized spacial score (nSPS) is 13.9. The molecule has 0 radical (unpaired) electrons. The van der Waals surface area contributed by atoms with Gasteiger partial charge in [0, 0.05) is 37.8 Å². The standard InChI is InChI=1S/C21H27N7O/c1-2-3-10-27(15-17-13-18-8-4-5-9-19(18)22-14-17)20(29)16-28-24-21(23-25-28)26-11-6-7-12-26/h4-5,8-9,13-14H,2-3,6-7,10-12,15-16H2,1H3. The van der Waals surface area contributed by atoms with Crippen LogP contribution in [-0.4, -0.2) is 55.6 Å². The van der Waals surface area contributed by atoms with Crippen molar-refractivity contribution in [2.24, 2.45) is 0 Å². The molecule has 152 valence electrons. The molecule has 0 N–H and O–H groups in total. The van der Waals surface area contributed by atoms with Crippen LogP contribution < -0.4 is 4.90 Å². The maximum atomic E-state index is 13.0. The highest BCUT2D eigenvalue weighted by Gasteiger charge is 2.20. The number of aromatic nitrogens is 5. The third-order valence-electron chi connectivity index (χ3n) is 5.26. The van der Waals surface area contributed by atoms with Crippen molar-refractivity contribution in [2.45, 2.75) is 45.7 Å². The molecule has 3 heterocycles. The number of amides is 1. The van der Waals surface area contributed by atoms with Gasteiger partial charge in [0.05, 0.1) is 5.52 Å². The van der Waals surface area contributed by atoms with Crippen LogP contribution in [0.5, 0.6) is 0 Å². The highest BCUT2D eigenvalue weighted by Crippen LogP contribution is 2.16. The van der Waals surface area contributed by atoms with Gasteiger partial charge in [-0.1, -0.05) is 36.6 Å². The molecule has 8 heteroatoms. The lowest BCUT2D eigenvalue weighted by molar-refractivity contribution is -0.133. The second-order valence-corrected chi connectivity index (χ2v) is 7.52.